The van der Waals surface area contributed by atoms with E-state index in [4.69, 9.17) is 0 Å². The maximum absolute atomic E-state index is 12.2. The van der Waals surface area contributed by atoms with E-state index in [-0.39, 0.29) is 23.3 Å². The minimum Gasteiger partial charge on any atom is -0.325 e. The van der Waals surface area contributed by atoms with Gasteiger partial charge >= 0.3 is 0 Å². The van der Waals surface area contributed by atoms with Gasteiger partial charge in [0.05, 0.1) is 11.5 Å². The molecular weight excluding hydrogens is 448 g/mol. The molecule has 0 aliphatic rings. The van der Waals surface area contributed by atoms with Gasteiger partial charge in [0, 0.05) is 11.4 Å². The highest BCUT2D eigenvalue weighted by atomic mass is 32.2. The lowest BCUT2D eigenvalue weighted by Crippen LogP contribution is -2.16. The number of aromatic nitrogens is 4. The second-order valence-electron chi connectivity index (χ2n) is 5.94. The number of anilines is 2. The number of rotatable bonds is 8. The Balaban J connectivity index is 1.52. The van der Waals surface area contributed by atoms with Gasteiger partial charge in [-0.25, -0.2) is 0 Å². The molecule has 2 aromatic heterocycles. The van der Waals surface area contributed by atoms with Crippen LogP contribution in [0.2, 0.25) is 0 Å². The van der Waals surface area contributed by atoms with Crippen LogP contribution in [0.15, 0.2) is 26.9 Å². The standard InChI is InChI=1S/C17H18N6O2S4/c1-9-4-12(18-14(24)7-26-16-22-20-10(2)28-16)6-13(5-9)19-15(25)8-27-17-23-21-11(3)29-17/h4-6H,7-8H2,1-3H3,(H,18,24)(H,19,25). The molecule has 0 spiro atoms. The Bertz CT molecular complexity index is 943. The molecule has 152 valence electrons. The van der Waals surface area contributed by atoms with E-state index < -0.39 is 0 Å². The van der Waals surface area contributed by atoms with E-state index in [1.165, 1.54) is 46.2 Å². The second-order valence-corrected chi connectivity index (χ2v) is 10.7. The highest BCUT2D eigenvalue weighted by molar-refractivity contribution is 8.01. The summed E-state index contributed by atoms with van der Waals surface area (Å²) in [5, 5.41) is 23.3. The van der Waals surface area contributed by atoms with Gasteiger partial charge in [0.15, 0.2) is 8.68 Å². The molecule has 12 heteroatoms. The molecule has 2 N–H and O–H groups in total. The van der Waals surface area contributed by atoms with E-state index in [9.17, 15) is 9.59 Å². The summed E-state index contributed by atoms with van der Waals surface area (Å²) >= 11 is 5.60. The lowest BCUT2D eigenvalue weighted by atomic mass is 10.2. The first-order valence-corrected chi connectivity index (χ1v) is 12.0. The number of amides is 2. The number of nitrogens with one attached hydrogen (secondary N) is 2. The number of carbonyl (C=O) groups is 2. The van der Waals surface area contributed by atoms with Crippen LogP contribution in [-0.2, 0) is 9.59 Å². The number of thioether (sulfide) groups is 2. The Labute approximate surface area is 184 Å². The van der Waals surface area contributed by atoms with Gasteiger partial charge < -0.3 is 10.6 Å². The summed E-state index contributed by atoms with van der Waals surface area (Å²) < 4.78 is 1.52. The van der Waals surface area contributed by atoms with Crippen molar-refractivity contribution in [2.75, 3.05) is 22.1 Å². The molecular formula is C17H18N6O2S4. The third kappa shape index (κ3) is 7.07. The van der Waals surface area contributed by atoms with Crippen LogP contribution in [0.1, 0.15) is 15.6 Å². The van der Waals surface area contributed by atoms with Crippen molar-refractivity contribution < 1.29 is 9.59 Å². The zero-order chi connectivity index (χ0) is 20.8. The average molecular weight is 467 g/mol. The molecule has 3 rings (SSSR count). The van der Waals surface area contributed by atoms with Crippen molar-refractivity contribution in [3.63, 3.8) is 0 Å². The normalized spacial score (nSPS) is 10.7. The van der Waals surface area contributed by atoms with Gasteiger partial charge in [0.25, 0.3) is 0 Å². The molecule has 0 fully saturated rings. The quantitative estimate of drug-likeness (QED) is 0.483. The highest BCUT2D eigenvalue weighted by Gasteiger charge is 2.10. The number of carbonyl (C=O) groups excluding carboxylic acids is 2. The molecule has 2 heterocycles. The minimum absolute atomic E-state index is 0.145. The Morgan fingerprint density at radius 1 is 0.793 bits per heavy atom. The van der Waals surface area contributed by atoms with Crippen LogP contribution in [0.3, 0.4) is 0 Å². The Morgan fingerprint density at radius 3 is 1.62 bits per heavy atom. The van der Waals surface area contributed by atoms with E-state index in [1.807, 2.05) is 32.9 Å². The molecule has 8 nitrogen and oxygen atoms in total. The van der Waals surface area contributed by atoms with Gasteiger partial charge in [0.2, 0.25) is 11.8 Å². The lowest BCUT2D eigenvalue weighted by molar-refractivity contribution is -0.114. The monoisotopic (exact) mass is 466 g/mol. The summed E-state index contributed by atoms with van der Waals surface area (Å²) in [6.45, 7) is 5.65. The fraction of sp³-hybridized carbons (Fsp3) is 0.294. The Morgan fingerprint density at radius 2 is 1.24 bits per heavy atom. The fourth-order valence-corrected chi connectivity index (χ4v) is 5.48. The topological polar surface area (TPSA) is 110 Å². The van der Waals surface area contributed by atoms with Gasteiger partial charge in [-0.15, -0.1) is 20.4 Å². The Kier molecular flexibility index (Phi) is 7.58. The molecule has 0 atom stereocenters. The number of benzene rings is 1. The summed E-state index contributed by atoms with van der Waals surface area (Å²) in [4.78, 5) is 24.4. The molecule has 0 aliphatic carbocycles. The molecule has 0 radical (unpaired) electrons. The van der Waals surface area contributed by atoms with Crippen molar-refractivity contribution in [1.82, 2.24) is 20.4 Å². The SMILES string of the molecule is Cc1cc(NC(=O)CSc2nnc(C)s2)cc(NC(=O)CSc2nnc(C)s2)c1. The highest BCUT2D eigenvalue weighted by Crippen LogP contribution is 2.24. The summed E-state index contributed by atoms with van der Waals surface area (Å²) in [5.74, 6) is 0.186. The third-order valence-electron chi connectivity index (χ3n) is 3.31. The zero-order valence-corrected chi connectivity index (χ0v) is 19.2. The van der Waals surface area contributed by atoms with Crippen LogP contribution in [0.4, 0.5) is 11.4 Å². The fourth-order valence-electron chi connectivity index (χ4n) is 2.25. The van der Waals surface area contributed by atoms with E-state index in [1.54, 1.807) is 6.07 Å². The van der Waals surface area contributed by atoms with E-state index >= 15 is 0 Å². The summed E-state index contributed by atoms with van der Waals surface area (Å²) in [6.07, 6.45) is 0. The molecule has 0 unspecified atom stereocenters. The summed E-state index contributed by atoms with van der Waals surface area (Å²) in [7, 11) is 0. The minimum atomic E-state index is -0.145. The van der Waals surface area contributed by atoms with Crippen LogP contribution in [-0.4, -0.2) is 43.7 Å². The van der Waals surface area contributed by atoms with Gasteiger partial charge in [-0.2, -0.15) is 0 Å². The number of hydrogen-bond acceptors (Lipinski definition) is 10. The molecule has 1 aromatic carbocycles. The van der Waals surface area contributed by atoms with E-state index in [0.717, 1.165) is 24.3 Å². The van der Waals surface area contributed by atoms with Gasteiger partial charge in [-0.3, -0.25) is 9.59 Å². The van der Waals surface area contributed by atoms with E-state index in [2.05, 4.69) is 31.0 Å². The second kappa shape index (κ2) is 10.1. The predicted molar refractivity (Wildman–Crippen MR) is 119 cm³/mol. The summed E-state index contributed by atoms with van der Waals surface area (Å²) in [6, 6.07) is 5.44. The number of hydrogen-bond donors (Lipinski definition) is 2. The van der Waals surface area contributed by atoms with E-state index in [0.29, 0.717) is 11.4 Å². The smallest absolute Gasteiger partial charge is 0.234 e. The molecule has 0 aliphatic heterocycles. The van der Waals surface area contributed by atoms with Crippen molar-refractivity contribution in [1.29, 1.82) is 0 Å². The first-order valence-electron chi connectivity index (χ1n) is 8.44. The third-order valence-corrected chi connectivity index (χ3v) is 7.26. The van der Waals surface area contributed by atoms with Crippen LogP contribution >= 0.6 is 46.2 Å². The van der Waals surface area contributed by atoms with Crippen molar-refractivity contribution in [3.05, 3.63) is 33.8 Å². The first-order chi connectivity index (χ1) is 13.9. The van der Waals surface area contributed by atoms with Gasteiger partial charge in [-0.1, -0.05) is 46.2 Å². The van der Waals surface area contributed by atoms with Crippen molar-refractivity contribution in [2.45, 2.75) is 29.5 Å². The predicted octanol–water partition coefficient (Wildman–Crippen LogP) is 3.78. The lowest BCUT2D eigenvalue weighted by Gasteiger charge is -2.10. The van der Waals surface area contributed by atoms with Gasteiger partial charge in [-0.05, 0) is 44.5 Å². The number of nitrogens with zero attached hydrogens (tertiary/aromatic N) is 4. The molecule has 3 aromatic rings. The molecule has 0 saturated carbocycles. The van der Waals surface area contributed by atoms with Crippen LogP contribution in [0.5, 0.6) is 0 Å². The largest absolute Gasteiger partial charge is 0.325 e. The van der Waals surface area contributed by atoms with Crippen LogP contribution in [0, 0.1) is 20.8 Å². The maximum atomic E-state index is 12.2. The van der Waals surface area contributed by atoms with Crippen molar-refractivity contribution in [3.8, 4) is 0 Å². The van der Waals surface area contributed by atoms with Crippen LogP contribution in [0.25, 0.3) is 0 Å². The number of aryl methyl sites for hydroxylation is 3. The van der Waals surface area contributed by atoms with Crippen LogP contribution < -0.4 is 10.6 Å². The average Bonchev–Trinajstić information content (AvgIpc) is 3.25. The zero-order valence-electron chi connectivity index (χ0n) is 15.9. The van der Waals surface area contributed by atoms with Gasteiger partial charge in [0.1, 0.15) is 10.0 Å². The van der Waals surface area contributed by atoms with Crippen molar-refractivity contribution >= 4 is 69.4 Å². The van der Waals surface area contributed by atoms with Crippen molar-refractivity contribution in [2.24, 2.45) is 0 Å². The molecule has 0 saturated heterocycles. The maximum Gasteiger partial charge on any atom is 0.234 e. The first kappa shape index (κ1) is 21.7. The summed E-state index contributed by atoms with van der Waals surface area (Å²) in [5.41, 5.74) is 2.19. The Hall–Kier alpha value is -2.02. The molecule has 29 heavy (non-hydrogen) atoms. The molecule has 2 amide bonds. The molecule has 0 bridgehead atoms.